The number of nitrogens with zero attached hydrogens (tertiary/aromatic N) is 4. The summed E-state index contributed by atoms with van der Waals surface area (Å²) in [5.41, 5.74) is 0.837. The second kappa shape index (κ2) is 5.10. The van der Waals surface area contributed by atoms with Gasteiger partial charge in [0.25, 0.3) is 0 Å². The van der Waals surface area contributed by atoms with Gasteiger partial charge in [-0.1, -0.05) is 17.7 Å². The van der Waals surface area contributed by atoms with E-state index in [-0.39, 0.29) is 0 Å². The first-order valence-electron chi connectivity index (χ1n) is 6.90. The molecular formula is C14H19ClN4. The number of hydrogen-bond donors (Lipinski definition) is 0. The van der Waals surface area contributed by atoms with Gasteiger partial charge in [-0.15, -0.1) is 5.10 Å². The molecule has 0 aromatic carbocycles. The molecule has 5 heteroatoms. The molecule has 102 valence electrons. The van der Waals surface area contributed by atoms with Gasteiger partial charge in [0.15, 0.2) is 11.5 Å². The molecule has 2 aromatic heterocycles. The highest BCUT2D eigenvalue weighted by Gasteiger charge is 2.26. The van der Waals surface area contributed by atoms with Crippen molar-refractivity contribution in [3.05, 3.63) is 29.2 Å². The lowest BCUT2D eigenvalue weighted by atomic mass is 9.96. The average Bonchev–Trinajstić information content (AvgIpc) is 2.84. The summed E-state index contributed by atoms with van der Waals surface area (Å²) < 4.78 is 1.73. The predicted molar refractivity (Wildman–Crippen MR) is 76.7 cm³/mol. The van der Waals surface area contributed by atoms with Crippen LogP contribution in [0, 0.1) is 0 Å². The second-order valence-electron chi connectivity index (χ2n) is 5.52. The molecule has 19 heavy (non-hydrogen) atoms. The fourth-order valence-corrected chi connectivity index (χ4v) is 2.95. The molecule has 3 heterocycles. The van der Waals surface area contributed by atoms with Crippen molar-refractivity contribution in [3.8, 4) is 0 Å². The summed E-state index contributed by atoms with van der Waals surface area (Å²) in [6.07, 6.45) is 2.38. The van der Waals surface area contributed by atoms with Crippen molar-refractivity contribution in [3.63, 3.8) is 0 Å². The average molecular weight is 279 g/mol. The van der Waals surface area contributed by atoms with Crippen molar-refractivity contribution in [1.29, 1.82) is 0 Å². The normalized spacial score (nSPS) is 21.4. The Morgan fingerprint density at radius 1 is 1.37 bits per heavy atom. The lowest BCUT2D eigenvalue weighted by Gasteiger charge is -2.34. The van der Waals surface area contributed by atoms with E-state index in [2.05, 4.69) is 28.8 Å². The van der Waals surface area contributed by atoms with Crippen molar-refractivity contribution in [2.75, 3.05) is 13.1 Å². The number of rotatable bonds is 2. The van der Waals surface area contributed by atoms with Gasteiger partial charge in [0.1, 0.15) is 5.15 Å². The summed E-state index contributed by atoms with van der Waals surface area (Å²) in [6.45, 7) is 6.72. The van der Waals surface area contributed by atoms with Crippen LogP contribution < -0.4 is 0 Å². The van der Waals surface area contributed by atoms with Gasteiger partial charge in [0.05, 0.1) is 0 Å². The largest absolute Gasteiger partial charge is 0.300 e. The monoisotopic (exact) mass is 278 g/mol. The van der Waals surface area contributed by atoms with Crippen molar-refractivity contribution >= 4 is 17.2 Å². The van der Waals surface area contributed by atoms with Crippen LogP contribution in [0.1, 0.15) is 38.4 Å². The molecule has 1 fully saturated rings. The van der Waals surface area contributed by atoms with Gasteiger partial charge in [-0.3, -0.25) is 0 Å². The first-order valence-corrected chi connectivity index (χ1v) is 7.28. The molecule has 4 nitrogen and oxygen atoms in total. The maximum absolute atomic E-state index is 6.14. The van der Waals surface area contributed by atoms with E-state index >= 15 is 0 Å². The first kappa shape index (κ1) is 12.9. The Bertz CT molecular complexity index is 578. The number of hydrogen-bond acceptors (Lipinski definition) is 3. The number of likely N-dealkylation sites (tertiary alicyclic amines) is 1. The number of halogens is 1. The molecule has 0 spiro atoms. The zero-order chi connectivity index (χ0) is 13.4. The predicted octanol–water partition coefficient (Wildman–Crippen LogP) is 2.97. The standard InChI is InChI=1S/C14H19ClN4/c1-10(2)18-8-4-5-11(9-18)14-16-13-7-3-6-12(15)19(13)17-14/h3,6-7,10-11H,4-5,8-9H2,1-2H3. The highest BCUT2D eigenvalue weighted by Crippen LogP contribution is 2.26. The van der Waals surface area contributed by atoms with Crippen LogP contribution in [0.4, 0.5) is 0 Å². The van der Waals surface area contributed by atoms with Crippen LogP contribution in [-0.2, 0) is 0 Å². The maximum Gasteiger partial charge on any atom is 0.157 e. The van der Waals surface area contributed by atoms with E-state index in [1.807, 2.05) is 18.2 Å². The molecule has 1 aliphatic heterocycles. The van der Waals surface area contributed by atoms with Gasteiger partial charge >= 0.3 is 0 Å². The highest BCUT2D eigenvalue weighted by atomic mass is 35.5. The third kappa shape index (κ3) is 2.47. The van der Waals surface area contributed by atoms with Crippen LogP contribution >= 0.6 is 11.6 Å². The lowest BCUT2D eigenvalue weighted by molar-refractivity contribution is 0.165. The molecular weight excluding hydrogens is 260 g/mol. The Labute approximate surface area is 118 Å². The van der Waals surface area contributed by atoms with Crippen molar-refractivity contribution in [2.45, 2.75) is 38.6 Å². The Hall–Kier alpha value is -1.13. The second-order valence-corrected chi connectivity index (χ2v) is 5.90. The molecule has 0 amide bonds. The van der Waals surface area contributed by atoms with Crippen molar-refractivity contribution < 1.29 is 0 Å². The summed E-state index contributed by atoms with van der Waals surface area (Å²) in [5, 5.41) is 5.19. The van der Waals surface area contributed by atoms with E-state index in [4.69, 9.17) is 11.6 Å². The topological polar surface area (TPSA) is 33.4 Å². The van der Waals surface area contributed by atoms with Crippen LogP contribution in [0.15, 0.2) is 18.2 Å². The van der Waals surface area contributed by atoms with Gasteiger partial charge in [-0.05, 0) is 45.4 Å². The third-order valence-electron chi connectivity index (χ3n) is 3.88. The van der Waals surface area contributed by atoms with E-state index in [1.54, 1.807) is 4.52 Å². The highest BCUT2D eigenvalue weighted by molar-refractivity contribution is 6.29. The minimum absolute atomic E-state index is 0.423. The zero-order valence-corrected chi connectivity index (χ0v) is 12.1. The van der Waals surface area contributed by atoms with Crippen LogP contribution in [0.3, 0.4) is 0 Å². The summed E-state index contributed by atoms with van der Waals surface area (Å²) in [5.74, 6) is 1.35. The van der Waals surface area contributed by atoms with Crippen LogP contribution in [0.5, 0.6) is 0 Å². The molecule has 1 atom stereocenters. The fraction of sp³-hybridized carbons (Fsp3) is 0.571. The Kier molecular flexibility index (Phi) is 3.46. The molecule has 0 radical (unpaired) electrons. The summed E-state index contributed by atoms with van der Waals surface area (Å²) >= 11 is 6.14. The van der Waals surface area contributed by atoms with Gasteiger partial charge in [0, 0.05) is 18.5 Å². The van der Waals surface area contributed by atoms with E-state index in [1.165, 1.54) is 13.0 Å². The molecule has 0 saturated carbocycles. The third-order valence-corrected chi connectivity index (χ3v) is 4.16. The van der Waals surface area contributed by atoms with E-state index in [0.29, 0.717) is 17.1 Å². The van der Waals surface area contributed by atoms with E-state index in [0.717, 1.165) is 24.4 Å². The van der Waals surface area contributed by atoms with E-state index < -0.39 is 0 Å². The molecule has 0 N–H and O–H groups in total. The first-order chi connectivity index (χ1) is 9.15. The number of fused-ring (bicyclic) bond motifs is 1. The molecule has 3 rings (SSSR count). The summed E-state index contributed by atoms with van der Waals surface area (Å²) in [4.78, 5) is 7.13. The minimum Gasteiger partial charge on any atom is -0.300 e. The summed E-state index contributed by atoms with van der Waals surface area (Å²) in [6, 6.07) is 6.29. The zero-order valence-electron chi connectivity index (χ0n) is 11.4. The van der Waals surface area contributed by atoms with Gasteiger partial charge < -0.3 is 4.90 Å². The number of pyridine rings is 1. The van der Waals surface area contributed by atoms with Gasteiger partial charge in [-0.2, -0.15) is 0 Å². The van der Waals surface area contributed by atoms with Gasteiger partial charge in [-0.25, -0.2) is 9.50 Å². The molecule has 0 aliphatic carbocycles. The molecule has 1 aliphatic rings. The van der Waals surface area contributed by atoms with Crippen molar-refractivity contribution in [1.82, 2.24) is 19.5 Å². The fourth-order valence-electron chi connectivity index (χ4n) is 2.75. The Morgan fingerprint density at radius 3 is 2.95 bits per heavy atom. The van der Waals surface area contributed by atoms with Crippen molar-refractivity contribution in [2.24, 2.45) is 0 Å². The minimum atomic E-state index is 0.423. The Morgan fingerprint density at radius 2 is 2.21 bits per heavy atom. The Balaban J connectivity index is 1.89. The smallest absolute Gasteiger partial charge is 0.157 e. The maximum atomic E-state index is 6.14. The quantitative estimate of drug-likeness (QED) is 0.792. The molecule has 2 aromatic rings. The lowest BCUT2D eigenvalue weighted by Crippen LogP contribution is -2.39. The summed E-state index contributed by atoms with van der Waals surface area (Å²) in [7, 11) is 0. The number of aromatic nitrogens is 3. The van der Waals surface area contributed by atoms with E-state index in [9.17, 15) is 0 Å². The van der Waals surface area contributed by atoms with Gasteiger partial charge in [0.2, 0.25) is 0 Å². The number of piperidine rings is 1. The molecule has 0 bridgehead atoms. The van der Waals surface area contributed by atoms with Crippen LogP contribution in [0.25, 0.3) is 5.65 Å². The molecule has 1 unspecified atom stereocenters. The SMILES string of the molecule is CC(C)N1CCCC(c2nc3cccc(Cl)n3n2)C1. The van der Waals surface area contributed by atoms with Crippen LogP contribution in [0.2, 0.25) is 5.15 Å². The van der Waals surface area contributed by atoms with Crippen LogP contribution in [-0.4, -0.2) is 38.6 Å². The molecule has 1 saturated heterocycles.